The van der Waals surface area contributed by atoms with Gasteiger partial charge in [0.15, 0.2) is 0 Å². The van der Waals surface area contributed by atoms with Crippen LogP contribution < -0.4 is 5.73 Å². The Morgan fingerprint density at radius 1 is 0.767 bits per heavy atom. The number of hydrogen-bond acceptors (Lipinski definition) is 5. The van der Waals surface area contributed by atoms with Gasteiger partial charge in [-0.25, -0.2) is 14.5 Å². The van der Waals surface area contributed by atoms with Crippen LogP contribution in [0.1, 0.15) is 85.6 Å². The summed E-state index contributed by atoms with van der Waals surface area (Å²) in [5.41, 5.74) is 6.49. The molecule has 6 nitrogen and oxygen atoms in total. The van der Waals surface area contributed by atoms with Gasteiger partial charge in [-0.05, 0) is 78.5 Å². The molecule has 170 valence electrons. The zero-order valence-corrected chi connectivity index (χ0v) is 19.6. The van der Waals surface area contributed by atoms with Crippen molar-refractivity contribution in [1.29, 1.82) is 0 Å². The molecule has 6 heteroatoms. The number of aryl methyl sites for hydroxylation is 1. The van der Waals surface area contributed by atoms with E-state index in [1.54, 1.807) is 41.5 Å². The lowest BCUT2D eigenvalue weighted by molar-refractivity contribution is 0.00118. The number of nitrogens with zero attached hydrogens (tertiary/aromatic N) is 1. The average molecular weight is 421 g/mol. The van der Waals surface area contributed by atoms with E-state index in [9.17, 15) is 9.59 Å². The highest BCUT2D eigenvalue weighted by Crippen LogP contribution is 2.16. The highest BCUT2D eigenvalue weighted by molar-refractivity contribution is 5.88. The van der Waals surface area contributed by atoms with E-state index in [2.05, 4.69) is 12.1 Å². The molecule has 2 N–H and O–H groups in total. The van der Waals surface area contributed by atoms with Gasteiger partial charge in [0.25, 0.3) is 0 Å². The third kappa shape index (κ3) is 11.7. The van der Waals surface area contributed by atoms with Gasteiger partial charge in [0.2, 0.25) is 0 Å². The Morgan fingerprint density at radius 3 is 1.67 bits per heavy atom. The first-order valence-corrected chi connectivity index (χ1v) is 11.0. The van der Waals surface area contributed by atoms with Gasteiger partial charge in [0, 0.05) is 12.2 Å². The van der Waals surface area contributed by atoms with Crippen LogP contribution in [0.5, 0.6) is 0 Å². The number of carbonyl (C=O) groups is 2. The van der Waals surface area contributed by atoms with Gasteiger partial charge in [-0.3, -0.25) is 0 Å². The number of amides is 2. The second-order valence-corrected chi connectivity index (χ2v) is 9.73. The first-order chi connectivity index (χ1) is 13.9. The maximum absolute atomic E-state index is 12.4. The minimum absolute atomic E-state index is 0.301. The fourth-order valence-corrected chi connectivity index (χ4v) is 2.88. The quantitative estimate of drug-likeness (QED) is 0.373. The summed E-state index contributed by atoms with van der Waals surface area (Å²) in [6, 6.07) is 8.04. The van der Waals surface area contributed by atoms with Crippen molar-refractivity contribution in [3.8, 4) is 0 Å². The van der Waals surface area contributed by atoms with E-state index in [0.29, 0.717) is 6.54 Å². The summed E-state index contributed by atoms with van der Waals surface area (Å²) in [5, 5.41) is 0. The molecule has 1 rings (SSSR count). The molecule has 30 heavy (non-hydrogen) atoms. The molecule has 0 aromatic heterocycles. The van der Waals surface area contributed by atoms with Gasteiger partial charge in [0.05, 0.1) is 0 Å². The summed E-state index contributed by atoms with van der Waals surface area (Å²) in [5.74, 6) is 0. The van der Waals surface area contributed by atoms with Crippen molar-refractivity contribution in [1.82, 2.24) is 4.90 Å². The van der Waals surface area contributed by atoms with Gasteiger partial charge in [-0.1, -0.05) is 37.8 Å². The van der Waals surface area contributed by atoms with Crippen LogP contribution in [-0.2, 0) is 15.9 Å². The Balaban J connectivity index is 2.35. The minimum Gasteiger partial charge on any atom is -0.443 e. The van der Waals surface area contributed by atoms with Crippen LogP contribution in [0, 0.1) is 0 Å². The second kappa shape index (κ2) is 11.8. The normalized spacial score (nSPS) is 11.8. The Bertz CT molecular complexity index is 629. The van der Waals surface area contributed by atoms with E-state index < -0.39 is 23.4 Å². The number of benzene rings is 1. The molecule has 0 aliphatic carbocycles. The maximum atomic E-state index is 12.4. The summed E-state index contributed by atoms with van der Waals surface area (Å²) < 4.78 is 10.7. The predicted octanol–water partition coefficient (Wildman–Crippen LogP) is 6.32. The molecule has 0 saturated carbocycles. The summed E-state index contributed by atoms with van der Waals surface area (Å²) in [6.45, 7) is 11.0. The summed E-state index contributed by atoms with van der Waals surface area (Å²) in [6.07, 6.45) is 5.94. The fourth-order valence-electron chi connectivity index (χ4n) is 2.88. The van der Waals surface area contributed by atoms with Crippen molar-refractivity contribution >= 4 is 17.9 Å². The molecule has 0 atom stereocenters. The Kier molecular flexibility index (Phi) is 10.2. The van der Waals surface area contributed by atoms with Crippen molar-refractivity contribution in [2.75, 3.05) is 12.3 Å². The molecule has 0 fully saturated rings. The van der Waals surface area contributed by atoms with Crippen LogP contribution in [0.3, 0.4) is 0 Å². The van der Waals surface area contributed by atoms with Crippen LogP contribution in [0.4, 0.5) is 15.3 Å². The van der Waals surface area contributed by atoms with Gasteiger partial charge >= 0.3 is 12.2 Å². The zero-order valence-electron chi connectivity index (χ0n) is 19.6. The van der Waals surface area contributed by atoms with Gasteiger partial charge in [0.1, 0.15) is 11.2 Å². The lowest BCUT2D eigenvalue weighted by atomic mass is 10.0. The number of ether oxygens (including phenoxy) is 2. The zero-order chi connectivity index (χ0) is 22.8. The first-order valence-electron chi connectivity index (χ1n) is 11.0. The maximum Gasteiger partial charge on any atom is 0.419 e. The molecule has 2 amide bonds. The monoisotopic (exact) mass is 420 g/mol. The molecule has 0 spiro atoms. The second-order valence-electron chi connectivity index (χ2n) is 9.73. The predicted molar refractivity (Wildman–Crippen MR) is 121 cm³/mol. The van der Waals surface area contributed by atoms with Crippen molar-refractivity contribution < 1.29 is 19.1 Å². The molecule has 1 aromatic carbocycles. The van der Waals surface area contributed by atoms with E-state index in [0.717, 1.165) is 55.5 Å². The van der Waals surface area contributed by atoms with Crippen LogP contribution in [0.15, 0.2) is 24.3 Å². The molecular weight excluding hydrogens is 380 g/mol. The van der Waals surface area contributed by atoms with E-state index in [1.807, 2.05) is 12.1 Å². The molecule has 0 unspecified atom stereocenters. The summed E-state index contributed by atoms with van der Waals surface area (Å²) in [4.78, 5) is 26.0. The van der Waals surface area contributed by atoms with E-state index in [4.69, 9.17) is 15.2 Å². The van der Waals surface area contributed by atoms with Crippen molar-refractivity contribution in [3.63, 3.8) is 0 Å². The number of nitrogen functional groups attached to an aromatic ring is 1. The number of anilines is 1. The number of imide groups is 1. The highest BCUT2D eigenvalue weighted by Gasteiger charge is 2.30. The number of rotatable bonds is 9. The molecule has 0 bridgehead atoms. The van der Waals surface area contributed by atoms with Crippen molar-refractivity contribution in [3.05, 3.63) is 29.8 Å². The lowest BCUT2D eigenvalue weighted by Gasteiger charge is -2.28. The molecule has 1 aromatic rings. The average Bonchev–Trinajstić information content (AvgIpc) is 2.58. The topological polar surface area (TPSA) is 81.9 Å². The molecule has 0 aliphatic rings. The molecule has 0 aliphatic heterocycles. The van der Waals surface area contributed by atoms with Crippen LogP contribution >= 0.6 is 0 Å². The fraction of sp³-hybridized carbons (Fsp3) is 0.667. The third-order valence-corrected chi connectivity index (χ3v) is 4.30. The number of carbonyl (C=O) groups excluding carboxylic acids is 2. The van der Waals surface area contributed by atoms with Gasteiger partial charge in [-0.15, -0.1) is 0 Å². The minimum atomic E-state index is -0.665. The number of hydrogen-bond donors (Lipinski definition) is 1. The molecular formula is C24H40N2O4. The van der Waals surface area contributed by atoms with Gasteiger partial charge < -0.3 is 15.2 Å². The highest BCUT2D eigenvalue weighted by atomic mass is 16.6. The van der Waals surface area contributed by atoms with Crippen LogP contribution in [-0.4, -0.2) is 34.8 Å². The standard InChI is InChI=1S/C24H40N2O4/c1-23(2,3)29-21(27)26(22(28)30-24(4,5)6)18-12-10-8-7-9-11-13-19-14-16-20(25)17-15-19/h14-17H,7-13,18,25H2,1-6H3. The van der Waals surface area contributed by atoms with Crippen LogP contribution in [0.2, 0.25) is 0 Å². The van der Waals surface area contributed by atoms with Crippen molar-refractivity contribution in [2.24, 2.45) is 0 Å². The Hall–Kier alpha value is -2.24. The van der Waals surface area contributed by atoms with E-state index in [-0.39, 0.29) is 0 Å². The number of unbranched alkanes of at least 4 members (excludes halogenated alkanes) is 5. The smallest absolute Gasteiger partial charge is 0.419 e. The molecule has 0 heterocycles. The van der Waals surface area contributed by atoms with E-state index in [1.165, 1.54) is 5.56 Å². The third-order valence-electron chi connectivity index (χ3n) is 4.30. The van der Waals surface area contributed by atoms with E-state index >= 15 is 0 Å². The van der Waals surface area contributed by atoms with Gasteiger partial charge in [-0.2, -0.15) is 0 Å². The number of nitrogens with two attached hydrogens (primary N) is 1. The summed E-state index contributed by atoms with van der Waals surface area (Å²) in [7, 11) is 0. The van der Waals surface area contributed by atoms with Crippen molar-refractivity contribution in [2.45, 2.75) is 97.7 Å². The van der Waals surface area contributed by atoms with Crippen LogP contribution in [0.25, 0.3) is 0 Å². The molecule has 0 saturated heterocycles. The first kappa shape index (κ1) is 25.8. The Morgan fingerprint density at radius 2 is 1.20 bits per heavy atom. The SMILES string of the molecule is CC(C)(C)OC(=O)N(CCCCCCCCc1ccc(N)cc1)C(=O)OC(C)(C)C. The lowest BCUT2D eigenvalue weighted by Crippen LogP contribution is -2.44. The summed E-state index contributed by atoms with van der Waals surface area (Å²) >= 11 is 0. The molecule has 0 radical (unpaired) electrons. The Labute approximate surface area is 182 Å². The largest absolute Gasteiger partial charge is 0.443 e.